The van der Waals surface area contributed by atoms with E-state index in [1.54, 1.807) is 0 Å². The minimum absolute atomic E-state index is 0.161. The zero-order valence-electron chi connectivity index (χ0n) is 10.2. The maximum absolute atomic E-state index is 12.1. The van der Waals surface area contributed by atoms with Crippen LogP contribution in [0.2, 0.25) is 0 Å². The van der Waals surface area contributed by atoms with Crippen LogP contribution in [0, 0.1) is 0 Å². The van der Waals surface area contributed by atoms with Crippen molar-refractivity contribution in [1.29, 1.82) is 0 Å². The fraction of sp³-hybridized carbons (Fsp3) is 0.500. The number of carbonyl (C=O) groups is 1. The molecule has 2 rings (SSSR count). The first kappa shape index (κ1) is 12.1. The van der Waals surface area contributed by atoms with Crippen LogP contribution >= 0.6 is 0 Å². The standard InChI is InChI=1S/C14H19NO2/c1-2-6-14(17)15-10-5-9-13(16)11-7-3-4-8-12(11)15/h3-4,7-8,13,16H,2,5-6,9-10H2,1H3. The second-order valence-electron chi connectivity index (χ2n) is 4.51. The van der Waals surface area contributed by atoms with E-state index in [0.717, 1.165) is 30.5 Å². The fourth-order valence-electron chi connectivity index (χ4n) is 2.34. The van der Waals surface area contributed by atoms with Crippen LogP contribution in [0.1, 0.15) is 44.3 Å². The van der Waals surface area contributed by atoms with E-state index in [9.17, 15) is 9.90 Å². The molecule has 0 saturated heterocycles. The fourth-order valence-corrected chi connectivity index (χ4v) is 2.34. The molecule has 92 valence electrons. The molecule has 1 atom stereocenters. The molecule has 1 aromatic rings. The second kappa shape index (κ2) is 5.32. The van der Waals surface area contributed by atoms with Crippen LogP contribution in [-0.4, -0.2) is 17.6 Å². The lowest BCUT2D eigenvalue weighted by Crippen LogP contribution is -2.31. The summed E-state index contributed by atoms with van der Waals surface area (Å²) in [6, 6.07) is 7.67. The molecule has 0 bridgehead atoms. The predicted molar refractivity (Wildman–Crippen MR) is 67.9 cm³/mol. The first-order valence-electron chi connectivity index (χ1n) is 6.31. The van der Waals surface area contributed by atoms with Gasteiger partial charge in [-0.1, -0.05) is 25.1 Å². The number of aliphatic hydroxyl groups excluding tert-OH is 1. The number of amides is 1. The molecule has 3 heteroatoms. The Labute approximate surface area is 102 Å². The van der Waals surface area contributed by atoms with Gasteiger partial charge in [0, 0.05) is 24.2 Å². The van der Waals surface area contributed by atoms with E-state index < -0.39 is 6.10 Å². The Hall–Kier alpha value is -1.35. The zero-order valence-corrected chi connectivity index (χ0v) is 10.2. The Morgan fingerprint density at radius 1 is 1.47 bits per heavy atom. The van der Waals surface area contributed by atoms with Gasteiger partial charge in [0.2, 0.25) is 5.91 Å². The number of rotatable bonds is 2. The van der Waals surface area contributed by atoms with Gasteiger partial charge in [-0.05, 0) is 25.3 Å². The minimum Gasteiger partial charge on any atom is -0.388 e. The molecule has 0 spiro atoms. The zero-order chi connectivity index (χ0) is 12.3. The van der Waals surface area contributed by atoms with Crippen molar-refractivity contribution in [2.45, 2.75) is 38.7 Å². The van der Waals surface area contributed by atoms with Gasteiger partial charge in [-0.25, -0.2) is 0 Å². The van der Waals surface area contributed by atoms with Crippen molar-refractivity contribution >= 4 is 11.6 Å². The largest absolute Gasteiger partial charge is 0.388 e. The van der Waals surface area contributed by atoms with Gasteiger partial charge in [-0.15, -0.1) is 0 Å². The first-order valence-corrected chi connectivity index (χ1v) is 6.31. The summed E-state index contributed by atoms with van der Waals surface area (Å²) in [5.74, 6) is 0.161. The highest BCUT2D eigenvalue weighted by Gasteiger charge is 2.24. The average molecular weight is 233 g/mol. The number of nitrogens with zero attached hydrogens (tertiary/aromatic N) is 1. The molecular weight excluding hydrogens is 214 g/mol. The molecule has 1 heterocycles. The van der Waals surface area contributed by atoms with Crippen LogP contribution in [-0.2, 0) is 4.79 Å². The van der Waals surface area contributed by atoms with E-state index in [0.29, 0.717) is 13.0 Å². The number of para-hydroxylation sites is 1. The van der Waals surface area contributed by atoms with E-state index in [4.69, 9.17) is 0 Å². The van der Waals surface area contributed by atoms with E-state index in [1.165, 1.54) is 0 Å². The van der Waals surface area contributed by atoms with Crippen molar-refractivity contribution in [3.8, 4) is 0 Å². The third-order valence-corrected chi connectivity index (χ3v) is 3.21. The van der Waals surface area contributed by atoms with Gasteiger partial charge < -0.3 is 10.0 Å². The number of carbonyl (C=O) groups excluding carboxylic acids is 1. The van der Waals surface area contributed by atoms with Crippen molar-refractivity contribution < 1.29 is 9.90 Å². The molecule has 0 aliphatic carbocycles. The second-order valence-corrected chi connectivity index (χ2v) is 4.51. The molecule has 0 aromatic heterocycles. The van der Waals surface area contributed by atoms with Crippen molar-refractivity contribution in [1.82, 2.24) is 0 Å². The number of aliphatic hydroxyl groups is 1. The molecule has 1 aromatic carbocycles. The molecule has 1 amide bonds. The quantitative estimate of drug-likeness (QED) is 0.853. The predicted octanol–water partition coefficient (Wildman–Crippen LogP) is 2.65. The molecule has 1 N–H and O–H groups in total. The van der Waals surface area contributed by atoms with Gasteiger partial charge in [0.1, 0.15) is 0 Å². The van der Waals surface area contributed by atoms with Crippen molar-refractivity contribution in [2.75, 3.05) is 11.4 Å². The van der Waals surface area contributed by atoms with E-state index in [1.807, 2.05) is 36.1 Å². The number of hydrogen-bond acceptors (Lipinski definition) is 2. The Bertz CT molecular complexity index is 403. The van der Waals surface area contributed by atoms with E-state index in [-0.39, 0.29) is 5.91 Å². The van der Waals surface area contributed by atoms with Crippen molar-refractivity contribution in [3.63, 3.8) is 0 Å². The summed E-state index contributed by atoms with van der Waals surface area (Å²) in [4.78, 5) is 13.9. The number of hydrogen-bond donors (Lipinski definition) is 1. The van der Waals surface area contributed by atoms with Crippen LogP contribution in [0.25, 0.3) is 0 Å². The summed E-state index contributed by atoms with van der Waals surface area (Å²) in [6.07, 6.45) is 2.58. The Morgan fingerprint density at radius 2 is 2.24 bits per heavy atom. The van der Waals surface area contributed by atoms with Crippen LogP contribution in [0.3, 0.4) is 0 Å². The molecule has 0 saturated carbocycles. The van der Waals surface area contributed by atoms with E-state index >= 15 is 0 Å². The number of benzene rings is 1. The summed E-state index contributed by atoms with van der Waals surface area (Å²) >= 11 is 0. The molecule has 1 unspecified atom stereocenters. The third kappa shape index (κ3) is 2.50. The maximum atomic E-state index is 12.1. The lowest BCUT2D eigenvalue weighted by atomic mass is 10.0. The molecular formula is C14H19NO2. The van der Waals surface area contributed by atoms with Crippen molar-refractivity contribution in [3.05, 3.63) is 29.8 Å². The lowest BCUT2D eigenvalue weighted by molar-refractivity contribution is -0.118. The van der Waals surface area contributed by atoms with Gasteiger partial charge in [0.25, 0.3) is 0 Å². The van der Waals surface area contributed by atoms with Crippen molar-refractivity contribution in [2.24, 2.45) is 0 Å². The molecule has 3 nitrogen and oxygen atoms in total. The smallest absolute Gasteiger partial charge is 0.226 e. The average Bonchev–Trinajstić information content (AvgIpc) is 2.50. The minimum atomic E-state index is -0.439. The number of fused-ring (bicyclic) bond motifs is 1. The summed E-state index contributed by atoms with van der Waals surface area (Å²) in [6.45, 7) is 2.73. The van der Waals surface area contributed by atoms with Gasteiger partial charge in [-0.3, -0.25) is 4.79 Å². The van der Waals surface area contributed by atoms with E-state index in [2.05, 4.69) is 0 Å². The summed E-state index contributed by atoms with van der Waals surface area (Å²) in [5.41, 5.74) is 1.77. The molecule has 1 aliphatic heterocycles. The van der Waals surface area contributed by atoms with Gasteiger partial charge in [-0.2, -0.15) is 0 Å². The molecule has 17 heavy (non-hydrogen) atoms. The SMILES string of the molecule is CCCC(=O)N1CCCC(O)c2ccccc21. The highest BCUT2D eigenvalue weighted by Crippen LogP contribution is 2.32. The normalized spacial score (nSPS) is 19.6. The van der Waals surface area contributed by atoms with Crippen LogP contribution in [0.4, 0.5) is 5.69 Å². The van der Waals surface area contributed by atoms with Gasteiger partial charge in [0.05, 0.1) is 6.10 Å². The molecule has 0 radical (unpaired) electrons. The first-order chi connectivity index (χ1) is 8.24. The van der Waals surface area contributed by atoms with Crippen LogP contribution in [0.15, 0.2) is 24.3 Å². The summed E-state index contributed by atoms with van der Waals surface area (Å²) in [5, 5.41) is 10.0. The third-order valence-electron chi connectivity index (χ3n) is 3.21. The summed E-state index contributed by atoms with van der Waals surface area (Å²) in [7, 11) is 0. The summed E-state index contributed by atoms with van der Waals surface area (Å²) < 4.78 is 0. The highest BCUT2D eigenvalue weighted by atomic mass is 16.3. The highest BCUT2D eigenvalue weighted by molar-refractivity contribution is 5.94. The topological polar surface area (TPSA) is 40.5 Å². The van der Waals surface area contributed by atoms with Gasteiger partial charge >= 0.3 is 0 Å². The van der Waals surface area contributed by atoms with Gasteiger partial charge in [0.15, 0.2) is 0 Å². The monoisotopic (exact) mass is 233 g/mol. The Morgan fingerprint density at radius 3 is 3.00 bits per heavy atom. The molecule has 1 aliphatic rings. The lowest BCUT2D eigenvalue weighted by Gasteiger charge is -2.23. The maximum Gasteiger partial charge on any atom is 0.226 e. The molecule has 0 fully saturated rings. The van der Waals surface area contributed by atoms with Crippen LogP contribution in [0.5, 0.6) is 0 Å². The van der Waals surface area contributed by atoms with Crippen LogP contribution < -0.4 is 4.90 Å². The Kier molecular flexibility index (Phi) is 3.79. The number of anilines is 1. The Balaban J connectivity index is 2.35.